The smallest absolute Gasteiger partial charge is 0.260 e. The van der Waals surface area contributed by atoms with Crippen molar-refractivity contribution in [2.45, 2.75) is 50.8 Å². The number of halogens is 1. The molecule has 1 aliphatic carbocycles. The van der Waals surface area contributed by atoms with Crippen LogP contribution in [0.2, 0.25) is 0 Å². The van der Waals surface area contributed by atoms with Crippen LogP contribution in [0.3, 0.4) is 0 Å². The molecule has 0 aromatic carbocycles. The number of piperidine rings is 1. The minimum Gasteiger partial charge on any atom is -0.378 e. The highest BCUT2D eigenvalue weighted by molar-refractivity contribution is 5.86. The molecule has 0 aromatic rings. The molecule has 3 atom stereocenters. The maximum Gasteiger partial charge on any atom is 0.260 e. The Hall–Kier alpha value is -0.640. The molecule has 3 aliphatic rings. The van der Waals surface area contributed by atoms with Gasteiger partial charge in [0.05, 0.1) is 12.7 Å². The van der Waals surface area contributed by atoms with Crippen LogP contribution in [0.15, 0.2) is 0 Å². The molecule has 1 saturated carbocycles. The van der Waals surface area contributed by atoms with Crippen LogP contribution in [0.4, 0.5) is 4.39 Å². The maximum absolute atomic E-state index is 14.1. The fourth-order valence-corrected chi connectivity index (χ4v) is 3.68. The minimum absolute atomic E-state index is 0.257. The largest absolute Gasteiger partial charge is 0.378 e. The van der Waals surface area contributed by atoms with Crippen molar-refractivity contribution in [3.8, 4) is 0 Å². The van der Waals surface area contributed by atoms with Gasteiger partial charge in [-0.05, 0) is 38.0 Å². The Morgan fingerprint density at radius 1 is 1.50 bits per heavy atom. The number of carbonyl (C=O) groups is 1. The Morgan fingerprint density at radius 3 is 2.89 bits per heavy atom. The lowest BCUT2D eigenvalue weighted by atomic mass is 9.78. The molecule has 2 aliphatic heterocycles. The summed E-state index contributed by atoms with van der Waals surface area (Å²) in [6, 6.07) is 0. The van der Waals surface area contributed by atoms with Crippen molar-refractivity contribution in [2.24, 2.45) is 11.8 Å². The number of hydrogen-bond donors (Lipinski definition) is 0. The Bertz CT molecular complexity index is 343. The van der Waals surface area contributed by atoms with Crippen molar-refractivity contribution in [3.05, 3.63) is 0 Å². The van der Waals surface area contributed by atoms with Gasteiger partial charge in [-0.1, -0.05) is 6.92 Å². The number of alkyl halides is 1. The molecule has 0 radical (unpaired) electrons. The average Bonchev–Trinajstić information content (AvgIpc) is 2.77. The third-order valence-electron chi connectivity index (χ3n) is 5.01. The molecule has 0 N–H and O–H groups in total. The maximum atomic E-state index is 14.1. The molecule has 102 valence electrons. The van der Waals surface area contributed by atoms with Gasteiger partial charge in [0.15, 0.2) is 5.67 Å². The summed E-state index contributed by atoms with van der Waals surface area (Å²) in [7, 11) is 0. The third kappa shape index (κ3) is 1.85. The number of amides is 1. The van der Waals surface area contributed by atoms with Crippen LogP contribution in [0.25, 0.3) is 0 Å². The van der Waals surface area contributed by atoms with Crippen molar-refractivity contribution in [1.29, 1.82) is 0 Å². The second-order valence-corrected chi connectivity index (χ2v) is 6.06. The third-order valence-corrected chi connectivity index (χ3v) is 5.01. The van der Waals surface area contributed by atoms with E-state index in [1.54, 1.807) is 4.90 Å². The summed E-state index contributed by atoms with van der Waals surface area (Å²) in [4.78, 5) is 13.9. The number of carbonyl (C=O) groups excluding carboxylic acids is 1. The van der Waals surface area contributed by atoms with E-state index >= 15 is 0 Å². The fourth-order valence-electron chi connectivity index (χ4n) is 3.68. The van der Waals surface area contributed by atoms with E-state index in [1.165, 1.54) is 0 Å². The highest BCUT2D eigenvalue weighted by Gasteiger charge is 2.49. The average molecular weight is 255 g/mol. The second kappa shape index (κ2) is 4.48. The molecule has 0 spiro atoms. The van der Waals surface area contributed by atoms with E-state index in [0.717, 1.165) is 25.9 Å². The first-order valence-corrected chi connectivity index (χ1v) is 7.24. The molecule has 1 amide bonds. The first-order valence-electron chi connectivity index (χ1n) is 7.24. The van der Waals surface area contributed by atoms with E-state index in [1.807, 2.05) is 0 Å². The Morgan fingerprint density at radius 2 is 2.28 bits per heavy atom. The van der Waals surface area contributed by atoms with Gasteiger partial charge in [0.1, 0.15) is 0 Å². The predicted octanol–water partition coefficient (Wildman–Crippen LogP) is 2.15. The number of rotatable bonds is 2. The van der Waals surface area contributed by atoms with Crippen molar-refractivity contribution in [1.82, 2.24) is 4.90 Å². The molecule has 2 heterocycles. The van der Waals surface area contributed by atoms with Crippen molar-refractivity contribution in [3.63, 3.8) is 0 Å². The quantitative estimate of drug-likeness (QED) is 0.756. The standard InChI is InChI=1S/C14H22FNO2/c1-2-12-11-4-7-16(8-10(11)9-18-12)13(17)14(15)5-3-6-14/h10-12H,2-9H2,1H3/t10-,11-,12+/m1/s1. The van der Waals surface area contributed by atoms with Crippen molar-refractivity contribution in [2.75, 3.05) is 19.7 Å². The molecular weight excluding hydrogens is 233 g/mol. The molecule has 3 rings (SSSR count). The van der Waals surface area contributed by atoms with E-state index in [-0.39, 0.29) is 5.91 Å². The van der Waals surface area contributed by atoms with Crippen molar-refractivity contribution >= 4 is 5.91 Å². The number of nitrogens with zero attached hydrogens (tertiary/aromatic N) is 1. The van der Waals surface area contributed by atoms with Gasteiger partial charge in [-0.3, -0.25) is 4.79 Å². The Kier molecular flexibility index (Phi) is 3.08. The predicted molar refractivity (Wildman–Crippen MR) is 65.9 cm³/mol. The van der Waals surface area contributed by atoms with Crippen molar-refractivity contribution < 1.29 is 13.9 Å². The molecule has 2 saturated heterocycles. The summed E-state index contributed by atoms with van der Waals surface area (Å²) in [5, 5.41) is 0. The van der Waals surface area contributed by atoms with Gasteiger partial charge in [0.25, 0.3) is 5.91 Å². The van der Waals surface area contributed by atoms with Crippen LogP contribution >= 0.6 is 0 Å². The molecule has 4 heteroatoms. The fraction of sp³-hybridized carbons (Fsp3) is 0.929. The summed E-state index contributed by atoms with van der Waals surface area (Å²) in [5.41, 5.74) is -1.53. The van der Waals surface area contributed by atoms with E-state index in [2.05, 4.69) is 6.92 Å². The summed E-state index contributed by atoms with van der Waals surface area (Å²) >= 11 is 0. The van der Waals surface area contributed by atoms with Crippen LogP contribution in [0, 0.1) is 11.8 Å². The summed E-state index contributed by atoms with van der Waals surface area (Å²) in [5.74, 6) is 0.750. The normalized spacial score (nSPS) is 38.1. The lowest BCUT2D eigenvalue weighted by Crippen LogP contribution is -2.54. The zero-order valence-corrected chi connectivity index (χ0v) is 11.0. The highest BCUT2D eigenvalue weighted by Crippen LogP contribution is 2.40. The number of fused-ring (bicyclic) bond motifs is 1. The number of ether oxygens (including phenoxy) is 1. The molecular formula is C14H22FNO2. The Balaban J connectivity index is 1.63. The Labute approximate surface area is 108 Å². The van der Waals surface area contributed by atoms with Gasteiger partial charge in [-0.15, -0.1) is 0 Å². The monoisotopic (exact) mass is 255 g/mol. The van der Waals surface area contributed by atoms with Crippen LogP contribution in [0.1, 0.15) is 39.0 Å². The topological polar surface area (TPSA) is 29.5 Å². The summed E-state index contributed by atoms with van der Waals surface area (Å²) in [6.07, 6.45) is 4.07. The number of hydrogen-bond acceptors (Lipinski definition) is 2. The first-order chi connectivity index (χ1) is 8.64. The van der Waals surface area contributed by atoms with Gasteiger partial charge < -0.3 is 9.64 Å². The number of likely N-dealkylation sites (tertiary alicyclic amines) is 1. The van der Waals surface area contributed by atoms with Crippen LogP contribution in [-0.4, -0.2) is 42.3 Å². The lowest BCUT2D eigenvalue weighted by Gasteiger charge is -2.41. The molecule has 0 aromatic heterocycles. The molecule has 3 fully saturated rings. The van der Waals surface area contributed by atoms with E-state index < -0.39 is 5.67 Å². The zero-order chi connectivity index (χ0) is 12.8. The van der Waals surface area contributed by atoms with E-state index in [4.69, 9.17) is 4.74 Å². The first kappa shape index (κ1) is 12.4. The highest BCUT2D eigenvalue weighted by atomic mass is 19.1. The van der Waals surface area contributed by atoms with Crippen LogP contribution < -0.4 is 0 Å². The second-order valence-electron chi connectivity index (χ2n) is 6.06. The van der Waals surface area contributed by atoms with Gasteiger partial charge in [-0.2, -0.15) is 0 Å². The van der Waals surface area contributed by atoms with Gasteiger partial charge in [-0.25, -0.2) is 4.39 Å². The van der Waals surface area contributed by atoms with Gasteiger partial charge >= 0.3 is 0 Å². The lowest BCUT2D eigenvalue weighted by molar-refractivity contribution is -0.152. The van der Waals surface area contributed by atoms with Gasteiger partial charge in [0.2, 0.25) is 0 Å². The molecule has 0 unspecified atom stereocenters. The minimum atomic E-state index is -1.53. The van der Waals surface area contributed by atoms with Crippen LogP contribution in [-0.2, 0) is 9.53 Å². The van der Waals surface area contributed by atoms with E-state index in [0.29, 0.717) is 43.9 Å². The summed E-state index contributed by atoms with van der Waals surface area (Å²) in [6.45, 7) is 4.30. The van der Waals surface area contributed by atoms with Crippen LogP contribution in [0.5, 0.6) is 0 Å². The van der Waals surface area contributed by atoms with E-state index in [9.17, 15) is 9.18 Å². The molecule has 3 nitrogen and oxygen atoms in total. The molecule has 18 heavy (non-hydrogen) atoms. The van der Waals surface area contributed by atoms with Gasteiger partial charge in [0, 0.05) is 19.0 Å². The SMILES string of the molecule is CC[C@@H]1OC[C@H]2CN(C(=O)C3(F)CCC3)CC[C@H]21. The molecule has 0 bridgehead atoms. The summed E-state index contributed by atoms with van der Waals surface area (Å²) < 4.78 is 19.9. The zero-order valence-electron chi connectivity index (χ0n) is 11.0.